The number of carbonyl (C=O) groups is 2. The average molecular weight is 310 g/mol. The van der Waals surface area contributed by atoms with Crippen molar-refractivity contribution in [1.29, 1.82) is 0 Å². The van der Waals surface area contributed by atoms with Gasteiger partial charge in [0.1, 0.15) is 12.1 Å². The Morgan fingerprint density at radius 2 is 2.00 bits per heavy atom. The molecule has 5 nitrogen and oxygen atoms in total. The van der Waals surface area contributed by atoms with Crippen LogP contribution in [-0.2, 0) is 14.3 Å². The molecule has 1 aliphatic heterocycles. The number of nitrogens with one attached hydrogen (secondary N) is 1. The summed E-state index contributed by atoms with van der Waals surface area (Å²) in [7, 11) is 0. The van der Waals surface area contributed by atoms with Crippen LogP contribution >= 0.6 is 0 Å². The monoisotopic (exact) mass is 310 g/mol. The minimum atomic E-state index is -4.34. The maximum atomic E-state index is 12.3. The Labute approximate surface area is 121 Å². The molecule has 21 heavy (non-hydrogen) atoms. The summed E-state index contributed by atoms with van der Waals surface area (Å²) >= 11 is 0. The molecule has 0 spiro atoms. The van der Waals surface area contributed by atoms with Crippen LogP contribution < -0.4 is 5.32 Å². The molecule has 1 saturated heterocycles. The van der Waals surface area contributed by atoms with E-state index in [4.69, 9.17) is 0 Å². The van der Waals surface area contributed by atoms with Crippen molar-refractivity contribution in [3.8, 4) is 0 Å². The molecule has 1 N–H and O–H groups in total. The molecule has 1 unspecified atom stereocenters. The zero-order chi connectivity index (χ0) is 16.3. The number of hydrogen-bond donors (Lipinski definition) is 1. The van der Waals surface area contributed by atoms with Crippen molar-refractivity contribution in [2.45, 2.75) is 51.4 Å². The molecular formula is C13H21F3N2O3. The van der Waals surface area contributed by atoms with Crippen LogP contribution in [0, 0.1) is 0 Å². The second-order valence-corrected chi connectivity index (χ2v) is 5.75. The van der Waals surface area contributed by atoms with Gasteiger partial charge in [-0.15, -0.1) is 0 Å². The summed E-state index contributed by atoms with van der Waals surface area (Å²) in [6, 6.07) is -0.290. The second-order valence-electron chi connectivity index (χ2n) is 5.75. The topological polar surface area (TPSA) is 58.6 Å². The van der Waals surface area contributed by atoms with Gasteiger partial charge in [-0.05, 0) is 27.2 Å². The Balaban J connectivity index is 2.51. The van der Waals surface area contributed by atoms with Crippen molar-refractivity contribution >= 4 is 11.8 Å². The lowest BCUT2D eigenvalue weighted by Gasteiger charge is -2.32. The molecule has 1 heterocycles. The van der Waals surface area contributed by atoms with Crippen LogP contribution in [-0.4, -0.2) is 54.2 Å². The first-order chi connectivity index (χ1) is 9.53. The number of amides is 2. The average Bonchev–Trinajstić information content (AvgIpc) is 2.36. The molecule has 2 amide bonds. The highest BCUT2D eigenvalue weighted by molar-refractivity contribution is 5.93. The first-order valence-electron chi connectivity index (χ1n) is 6.79. The molecular weight excluding hydrogens is 289 g/mol. The van der Waals surface area contributed by atoms with E-state index in [1.54, 1.807) is 20.8 Å². The van der Waals surface area contributed by atoms with E-state index < -0.39 is 18.3 Å². The Morgan fingerprint density at radius 3 is 2.57 bits per heavy atom. The van der Waals surface area contributed by atoms with Gasteiger partial charge >= 0.3 is 6.18 Å². The number of alkyl halides is 3. The van der Waals surface area contributed by atoms with Gasteiger partial charge in [0.15, 0.2) is 0 Å². The van der Waals surface area contributed by atoms with Crippen LogP contribution in [0.25, 0.3) is 0 Å². The predicted molar refractivity (Wildman–Crippen MR) is 69.5 cm³/mol. The van der Waals surface area contributed by atoms with Crippen molar-refractivity contribution in [2.24, 2.45) is 0 Å². The number of hydrogen-bond acceptors (Lipinski definition) is 3. The largest absolute Gasteiger partial charge is 0.411 e. The SMILES string of the molecule is CC1CC(=O)NC(C)(C)C(=O)N1CCCOCC(F)(F)F. The number of nitrogens with zero attached hydrogens (tertiary/aromatic N) is 1. The first-order valence-corrected chi connectivity index (χ1v) is 6.79. The van der Waals surface area contributed by atoms with E-state index in [9.17, 15) is 22.8 Å². The fourth-order valence-corrected chi connectivity index (χ4v) is 2.24. The Hall–Kier alpha value is -1.31. The molecule has 0 aliphatic carbocycles. The molecule has 1 aliphatic rings. The van der Waals surface area contributed by atoms with E-state index >= 15 is 0 Å². The third-order valence-corrected chi connectivity index (χ3v) is 3.21. The highest BCUT2D eigenvalue weighted by atomic mass is 19.4. The number of ether oxygens (including phenoxy) is 1. The molecule has 0 aromatic heterocycles. The van der Waals surface area contributed by atoms with Crippen LogP contribution in [0.4, 0.5) is 13.2 Å². The molecule has 0 bridgehead atoms. The molecule has 0 radical (unpaired) electrons. The first kappa shape index (κ1) is 17.7. The van der Waals surface area contributed by atoms with Crippen LogP contribution in [0.5, 0.6) is 0 Å². The van der Waals surface area contributed by atoms with E-state index in [0.717, 1.165) is 0 Å². The minimum Gasteiger partial charge on any atom is -0.372 e. The Morgan fingerprint density at radius 1 is 1.38 bits per heavy atom. The number of halogens is 3. The molecule has 1 rings (SSSR count). The Kier molecular flexibility index (Phi) is 5.61. The van der Waals surface area contributed by atoms with Crippen molar-refractivity contribution in [3.05, 3.63) is 0 Å². The fraction of sp³-hybridized carbons (Fsp3) is 0.846. The lowest BCUT2D eigenvalue weighted by molar-refractivity contribution is -0.174. The van der Waals surface area contributed by atoms with Gasteiger partial charge in [-0.3, -0.25) is 9.59 Å². The quantitative estimate of drug-likeness (QED) is 0.782. The van der Waals surface area contributed by atoms with Crippen LogP contribution in [0.3, 0.4) is 0 Å². The highest BCUT2D eigenvalue weighted by Gasteiger charge is 2.39. The summed E-state index contributed by atoms with van der Waals surface area (Å²) in [4.78, 5) is 25.5. The molecule has 0 aromatic carbocycles. The van der Waals surface area contributed by atoms with Crippen molar-refractivity contribution in [2.75, 3.05) is 19.8 Å². The third-order valence-electron chi connectivity index (χ3n) is 3.21. The van der Waals surface area contributed by atoms with Crippen molar-refractivity contribution < 1.29 is 27.5 Å². The second kappa shape index (κ2) is 6.64. The molecule has 122 valence electrons. The normalized spacial score (nSPS) is 23.0. The maximum absolute atomic E-state index is 12.3. The zero-order valence-electron chi connectivity index (χ0n) is 12.4. The standard InChI is InChI=1S/C13H21F3N2O3/c1-9-7-10(19)17-12(2,3)11(20)18(9)5-4-6-21-8-13(14,15)16/h9H,4-8H2,1-3H3,(H,17,19). The minimum absolute atomic E-state index is 0.0855. The summed E-state index contributed by atoms with van der Waals surface area (Å²) in [6.45, 7) is 3.85. The summed E-state index contributed by atoms with van der Waals surface area (Å²) < 4.78 is 40.3. The van der Waals surface area contributed by atoms with Crippen LogP contribution in [0.15, 0.2) is 0 Å². The Bertz CT molecular complexity index is 397. The molecule has 1 fully saturated rings. The molecule has 0 saturated carbocycles. The van der Waals surface area contributed by atoms with E-state index in [1.165, 1.54) is 4.90 Å². The molecule has 0 aromatic rings. The maximum Gasteiger partial charge on any atom is 0.411 e. The number of carbonyl (C=O) groups excluding carboxylic acids is 2. The van der Waals surface area contributed by atoms with Crippen LogP contribution in [0.2, 0.25) is 0 Å². The smallest absolute Gasteiger partial charge is 0.372 e. The summed E-state index contributed by atoms with van der Waals surface area (Å²) in [6.07, 6.45) is -3.88. The van der Waals surface area contributed by atoms with E-state index in [1.807, 2.05) is 0 Å². The van der Waals surface area contributed by atoms with Gasteiger partial charge < -0.3 is 15.0 Å². The van der Waals surface area contributed by atoms with Crippen molar-refractivity contribution in [1.82, 2.24) is 10.2 Å². The summed E-state index contributed by atoms with van der Waals surface area (Å²) in [5, 5.41) is 2.64. The van der Waals surface area contributed by atoms with Gasteiger partial charge in [-0.25, -0.2) is 0 Å². The third kappa shape index (κ3) is 5.53. The van der Waals surface area contributed by atoms with Crippen LogP contribution in [0.1, 0.15) is 33.6 Å². The summed E-state index contributed by atoms with van der Waals surface area (Å²) in [5.41, 5.74) is -1.01. The van der Waals surface area contributed by atoms with Crippen molar-refractivity contribution in [3.63, 3.8) is 0 Å². The van der Waals surface area contributed by atoms with Gasteiger partial charge in [-0.1, -0.05) is 0 Å². The predicted octanol–water partition coefficient (Wildman–Crippen LogP) is 1.47. The van der Waals surface area contributed by atoms with E-state index in [-0.39, 0.29) is 43.8 Å². The van der Waals surface area contributed by atoms with Gasteiger partial charge in [0, 0.05) is 25.6 Å². The van der Waals surface area contributed by atoms with Gasteiger partial charge in [0.2, 0.25) is 11.8 Å². The molecule has 8 heteroatoms. The molecule has 1 atom stereocenters. The highest BCUT2D eigenvalue weighted by Crippen LogP contribution is 2.19. The van der Waals surface area contributed by atoms with Gasteiger partial charge in [0.25, 0.3) is 0 Å². The zero-order valence-corrected chi connectivity index (χ0v) is 12.4. The van der Waals surface area contributed by atoms with E-state index in [2.05, 4.69) is 10.1 Å². The summed E-state index contributed by atoms with van der Waals surface area (Å²) in [5.74, 6) is -0.451. The lowest BCUT2D eigenvalue weighted by atomic mass is 10.0. The lowest BCUT2D eigenvalue weighted by Crippen LogP contribution is -2.53. The van der Waals surface area contributed by atoms with E-state index in [0.29, 0.717) is 0 Å². The van der Waals surface area contributed by atoms with Gasteiger partial charge in [0.05, 0.1) is 0 Å². The number of rotatable bonds is 5. The fourth-order valence-electron chi connectivity index (χ4n) is 2.24. The van der Waals surface area contributed by atoms with Gasteiger partial charge in [-0.2, -0.15) is 13.2 Å².